The number of nitrogens with one attached hydrogen (secondary N) is 1. The van der Waals surface area contributed by atoms with Crippen LogP contribution in [0.2, 0.25) is 0 Å². The van der Waals surface area contributed by atoms with Crippen LogP contribution in [0.25, 0.3) is 0 Å². The first-order chi connectivity index (χ1) is 10.0. The number of hydrogen-bond acceptors (Lipinski definition) is 3. The summed E-state index contributed by atoms with van der Waals surface area (Å²) in [7, 11) is 0. The number of hydrogen-bond donors (Lipinski definition) is 2. The second-order valence-corrected chi connectivity index (χ2v) is 6.62. The van der Waals surface area contributed by atoms with Crippen LogP contribution in [0.15, 0.2) is 18.5 Å². The molecule has 3 rings (SSSR count). The van der Waals surface area contributed by atoms with Gasteiger partial charge in [0.25, 0.3) is 0 Å². The van der Waals surface area contributed by atoms with Crippen molar-refractivity contribution < 1.29 is 9.90 Å². The lowest BCUT2D eigenvalue weighted by atomic mass is 9.77. The third kappa shape index (κ3) is 2.90. The van der Waals surface area contributed by atoms with Gasteiger partial charge in [0.1, 0.15) is 0 Å². The fourth-order valence-electron chi connectivity index (χ4n) is 3.67. The van der Waals surface area contributed by atoms with Gasteiger partial charge in [-0.3, -0.25) is 4.68 Å². The van der Waals surface area contributed by atoms with E-state index in [1.54, 1.807) is 6.20 Å². The zero-order valence-electron chi connectivity index (χ0n) is 12.6. The number of nitrogens with zero attached hydrogens (tertiary/aromatic N) is 3. The van der Waals surface area contributed by atoms with Crippen molar-refractivity contribution in [2.75, 3.05) is 13.1 Å². The third-order valence-electron chi connectivity index (χ3n) is 4.67. The summed E-state index contributed by atoms with van der Waals surface area (Å²) in [6.45, 7) is 5.48. The zero-order chi connectivity index (χ0) is 15.0. The molecule has 1 saturated carbocycles. The molecule has 2 fully saturated rings. The number of carbonyl (C=O) groups excluding carboxylic acids is 1. The minimum absolute atomic E-state index is 0.0181. The second-order valence-electron chi connectivity index (χ2n) is 6.62. The van der Waals surface area contributed by atoms with E-state index in [4.69, 9.17) is 0 Å². The van der Waals surface area contributed by atoms with Crippen LogP contribution >= 0.6 is 0 Å². The van der Waals surface area contributed by atoms with Crippen LogP contribution in [-0.4, -0.2) is 51.1 Å². The van der Waals surface area contributed by atoms with Gasteiger partial charge >= 0.3 is 6.03 Å². The number of amides is 2. The van der Waals surface area contributed by atoms with Crippen molar-refractivity contribution >= 4 is 6.03 Å². The number of likely N-dealkylation sites (tertiary alicyclic amines) is 1. The van der Waals surface area contributed by atoms with Gasteiger partial charge < -0.3 is 15.3 Å². The van der Waals surface area contributed by atoms with Gasteiger partial charge in [-0.1, -0.05) is 0 Å². The number of aromatic nitrogens is 2. The molecule has 1 aliphatic carbocycles. The Labute approximate surface area is 125 Å². The van der Waals surface area contributed by atoms with Crippen molar-refractivity contribution in [2.45, 2.75) is 44.9 Å². The van der Waals surface area contributed by atoms with Gasteiger partial charge in [-0.05, 0) is 44.6 Å². The first-order valence-corrected chi connectivity index (χ1v) is 7.77. The largest absolute Gasteiger partial charge is 0.391 e. The molecule has 0 unspecified atom stereocenters. The van der Waals surface area contributed by atoms with E-state index in [-0.39, 0.29) is 24.2 Å². The average molecular weight is 292 g/mol. The van der Waals surface area contributed by atoms with E-state index in [0.717, 1.165) is 25.9 Å². The Hall–Kier alpha value is -1.56. The van der Waals surface area contributed by atoms with Crippen molar-refractivity contribution in [1.29, 1.82) is 0 Å². The van der Waals surface area contributed by atoms with Gasteiger partial charge in [0.05, 0.1) is 12.1 Å². The summed E-state index contributed by atoms with van der Waals surface area (Å²) in [6, 6.07) is 2.09. The van der Waals surface area contributed by atoms with Crippen molar-refractivity contribution in [3.05, 3.63) is 18.5 Å². The highest BCUT2D eigenvalue weighted by Crippen LogP contribution is 2.41. The molecule has 21 heavy (non-hydrogen) atoms. The molecule has 1 aliphatic heterocycles. The number of carbonyl (C=O) groups is 1. The van der Waals surface area contributed by atoms with E-state index in [0.29, 0.717) is 11.8 Å². The Morgan fingerprint density at radius 2 is 2.05 bits per heavy atom. The number of rotatable bonds is 2. The van der Waals surface area contributed by atoms with Crippen LogP contribution in [0.5, 0.6) is 0 Å². The van der Waals surface area contributed by atoms with Gasteiger partial charge in [-0.15, -0.1) is 0 Å². The van der Waals surface area contributed by atoms with E-state index in [2.05, 4.69) is 10.4 Å². The lowest BCUT2D eigenvalue weighted by Gasteiger charge is -2.35. The first kappa shape index (κ1) is 14.4. The molecule has 1 saturated heterocycles. The molecule has 0 spiro atoms. The Kier molecular flexibility index (Phi) is 3.89. The average Bonchev–Trinajstić information content (AvgIpc) is 3.04. The molecule has 0 bridgehead atoms. The normalized spacial score (nSPS) is 32.3. The maximum Gasteiger partial charge on any atom is 0.317 e. The predicted molar refractivity (Wildman–Crippen MR) is 78.7 cm³/mol. The molecule has 1 aromatic heterocycles. The Bertz CT molecular complexity index is 488. The van der Waals surface area contributed by atoms with Crippen LogP contribution in [0.3, 0.4) is 0 Å². The summed E-state index contributed by atoms with van der Waals surface area (Å²) in [6.07, 6.45) is 4.92. The molecule has 116 valence electrons. The molecule has 4 atom stereocenters. The maximum atomic E-state index is 12.1. The molecule has 2 amide bonds. The molecule has 2 heterocycles. The highest BCUT2D eigenvalue weighted by atomic mass is 16.3. The van der Waals surface area contributed by atoms with Crippen molar-refractivity contribution in [1.82, 2.24) is 20.0 Å². The summed E-state index contributed by atoms with van der Waals surface area (Å²) in [5, 5.41) is 17.6. The van der Waals surface area contributed by atoms with E-state index in [1.807, 2.05) is 35.7 Å². The molecule has 6 heteroatoms. The quantitative estimate of drug-likeness (QED) is 0.861. The van der Waals surface area contributed by atoms with Gasteiger partial charge in [0, 0.05) is 31.5 Å². The monoisotopic (exact) mass is 292 g/mol. The highest BCUT2D eigenvalue weighted by molar-refractivity contribution is 5.74. The molecule has 0 radical (unpaired) electrons. The number of urea groups is 1. The molecule has 0 aromatic carbocycles. The Morgan fingerprint density at radius 1 is 1.33 bits per heavy atom. The van der Waals surface area contributed by atoms with Gasteiger partial charge in [-0.25, -0.2) is 4.79 Å². The number of aliphatic hydroxyl groups is 1. The van der Waals surface area contributed by atoms with Gasteiger partial charge in [0.2, 0.25) is 0 Å². The van der Waals surface area contributed by atoms with Crippen LogP contribution in [0.1, 0.15) is 32.7 Å². The van der Waals surface area contributed by atoms with Crippen LogP contribution in [0, 0.1) is 11.8 Å². The fourth-order valence-corrected chi connectivity index (χ4v) is 3.67. The lowest BCUT2D eigenvalue weighted by Crippen LogP contribution is -2.41. The van der Waals surface area contributed by atoms with Crippen molar-refractivity contribution in [3.63, 3.8) is 0 Å². The van der Waals surface area contributed by atoms with E-state index in [1.165, 1.54) is 0 Å². The van der Waals surface area contributed by atoms with Crippen LogP contribution < -0.4 is 5.32 Å². The Morgan fingerprint density at radius 3 is 2.67 bits per heavy atom. The molecule has 1 aromatic rings. The van der Waals surface area contributed by atoms with Gasteiger partial charge in [-0.2, -0.15) is 5.10 Å². The lowest BCUT2D eigenvalue weighted by molar-refractivity contribution is 0.0306. The molecule has 6 nitrogen and oxygen atoms in total. The van der Waals surface area contributed by atoms with Crippen molar-refractivity contribution in [3.8, 4) is 0 Å². The number of aliphatic hydroxyl groups excluding tert-OH is 1. The third-order valence-corrected chi connectivity index (χ3v) is 4.67. The van der Waals surface area contributed by atoms with Crippen LogP contribution in [0.4, 0.5) is 4.79 Å². The van der Waals surface area contributed by atoms with E-state index >= 15 is 0 Å². The Balaban J connectivity index is 1.65. The summed E-state index contributed by atoms with van der Waals surface area (Å²) in [4.78, 5) is 14.0. The first-order valence-electron chi connectivity index (χ1n) is 7.77. The van der Waals surface area contributed by atoms with E-state index in [9.17, 15) is 9.90 Å². The maximum absolute atomic E-state index is 12.1. The topological polar surface area (TPSA) is 70.4 Å². The standard InChI is InChI=1S/C15H24N4O2/c1-10(2)17-15(21)18-8-11-6-13(19-5-3-4-16-19)14(20)7-12(11)9-18/h3-5,10-14,20H,6-9H2,1-2H3,(H,17,21)/t11-,12+,13-,14-/m0/s1. The second kappa shape index (κ2) is 5.67. The minimum Gasteiger partial charge on any atom is -0.391 e. The number of fused-ring (bicyclic) bond motifs is 1. The SMILES string of the molecule is CC(C)NC(=O)N1C[C@H]2C[C@H](O)[C@@H](n3cccn3)C[C@H]2C1. The van der Waals surface area contributed by atoms with Crippen molar-refractivity contribution in [2.24, 2.45) is 11.8 Å². The molecular formula is C15H24N4O2. The smallest absolute Gasteiger partial charge is 0.317 e. The zero-order valence-corrected chi connectivity index (χ0v) is 12.6. The molecular weight excluding hydrogens is 268 g/mol. The highest BCUT2D eigenvalue weighted by Gasteiger charge is 2.43. The predicted octanol–water partition coefficient (Wildman–Crippen LogP) is 1.24. The summed E-state index contributed by atoms with van der Waals surface area (Å²) in [5.74, 6) is 0.866. The minimum atomic E-state index is -0.376. The van der Waals surface area contributed by atoms with E-state index < -0.39 is 0 Å². The fraction of sp³-hybridized carbons (Fsp3) is 0.733. The van der Waals surface area contributed by atoms with Gasteiger partial charge in [0.15, 0.2) is 0 Å². The molecule has 2 aliphatic rings. The summed E-state index contributed by atoms with van der Waals surface area (Å²) < 4.78 is 1.86. The summed E-state index contributed by atoms with van der Waals surface area (Å²) >= 11 is 0. The van der Waals surface area contributed by atoms with Crippen LogP contribution in [-0.2, 0) is 0 Å². The molecule has 2 N–H and O–H groups in total. The summed E-state index contributed by atoms with van der Waals surface area (Å²) in [5.41, 5.74) is 0.